The Morgan fingerprint density at radius 2 is 2.00 bits per heavy atom. The molecule has 0 aromatic carbocycles. The highest BCUT2D eigenvalue weighted by Gasteiger charge is 2.51. The maximum Gasteiger partial charge on any atom is 0.122 e. The molecular formula is C6H11Cl2N. The van der Waals surface area contributed by atoms with Crippen LogP contribution in [0.1, 0.15) is 6.42 Å². The van der Waals surface area contributed by atoms with Crippen molar-refractivity contribution < 1.29 is 0 Å². The van der Waals surface area contributed by atoms with E-state index in [1.165, 1.54) is 0 Å². The highest BCUT2D eigenvalue weighted by molar-refractivity contribution is 6.50. The van der Waals surface area contributed by atoms with Crippen LogP contribution < -0.4 is 0 Å². The number of nitrogens with zero attached hydrogens (tertiary/aromatic N) is 1. The van der Waals surface area contributed by atoms with E-state index in [1.54, 1.807) is 0 Å². The van der Waals surface area contributed by atoms with E-state index in [4.69, 9.17) is 23.2 Å². The van der Waals surface area contributed by atoms with Gasteiger partial charge in [0.25, 0.3) is 0 Å². The molecule has 1 unspecified atom stereocenters. The van der Waals surface area contributed by atoms with Crippen molar-refractivity contribution >= 4 is 23.2 Å². The largest absolute Gasteiger partial charge is 0.309 e. The molecule has 0 aromatic heterocycles. The minimum atomic E-state index is -0.399. The van der Waals surface area contributed by atoms with Gasteiger partial charge in [0.1, 0.15) is 4.33 Å². The monoisotopic (exact) mass is 167 g/mol. The zero-order chi connectivity index (χ0) is 7.07. The van der Waals surface area contributed by atoms with E-state index in [0.29, 0.717) is 5.92 Å². The molecule has 1 aliphatic rings. The van der Waals surface area contributed by atoms with Crippen molar-refractivity contribution in [3.63, 3.8) is 0 Å². The molecule has 0 radical (unpaired) electrons. The fourth-order valence-corrected chi connectivity index (χ4v) is 1.42. The summed E-state index contributed by atoms with van der Waals surface area (Å²) in [4.78, 5) is 2.11. The Kier molecular flexibility index (Phi) is 1.95. The lowest BCUT2D eigenvalue weighted by molar-refractivity contribution is 0.387. The lowest BCUT2D eigenvalue weighted by Gasteiger charge is -2.07. The van der Waals surface area contributed by atoms with Crippen molar-refractivity contribution in [2.24, 2.45) is 5.92 Å². The van der Waals surface area contributed by atoms with Crippen molar-refractivity contribution in [3.05, 3.63) is 0 Å². The van der Waals surface area contributed by atoms with Crippen LogP contribution in [-0.4, -0.2) is 29.9 Å². The van der Waals surface area contributed by atoms with E-state index < -0.39 is 4.33 Å². The summed E-state index contributed by atoms with van der Waals surface area (Å²) in [5, 5.41) is 0. The molecule has 1 fully saturated rings. The van der Waals surface area contributed by atoms with Gasteiger partial charge < -0.3 is 4.90 Å². The fourth-order valence-electron chi connectivity index (χ4n) is 0.908. The van der Waals surface area contributed by atoms with E-state index in [-0.39, 0.29) is 0 Å². The van der Waals surface area contributed by atoms with Gasteiger partial charge in [0.15, 0.2) is 0 Å². The second-order valence-electron chi connectivity index (χ2n) is 2.92. The summed E-state index contributed by atoms with van der Waals surface area (Å²) in [6.07, 6.45) is 0.953. The zero-order valence-electron chi connectivity index (χ0n) is 5.69. The quantitative estimate of drug-likeness (QED) is 0.567. The Balaban J connectivity index is 2.20. The van der Waals surface area contributed by atoms with Crippen LogP contribution in [0.3, 0.4) is 0 Å². The van der Waals surface area contributed by atoms with Crippen LogP contribution >= 0.6 is 23.2 Å². The number of halogens is 2. The SMILES string of the molecule is CN(C)CC1CC1(Cl)Cl. The molecule has 54 valence electrons. The molecule has 0 aromatic rings. The first-order chi connectivity index (χ1) is 4.02. The smallest absolute Gasteiger partial charge is 0.122 e. The van der Waals surface area contributed by atoms with Crippen LogP contribution in [0.4, 0.5) is 0 Å². The molecule has 0 aliphatic heterocycles. The summed E-state index contributed by atoms with van der Waals surface area (Å²) >= 11 is 11.6. The third-order valence-electron chi connectivity index (χ3n) is 1.54. The highest BCUT2D eigenvalue weighted by atomic mass is 35.5. The topological polar surface area (TPSA) is 3.24 Å². The van der Waals surface area contributed by atoms with Gasteiger partial charge in [-0.15, -0.1) is 23.2 Å². The van der Waals surface area contributed by atoms with E-state index in [2.05, 4.69) is 4.90 Å². The predicted molar refractivity (Wildman–Crippen MR) is 41.1 cm³/mol. The Labute approximate surface area is 65.9 Å². The molecule has 0 spiro atoms. The third-order valence-corrected chi connectivity index (χ3v) is 2.47. The number of hydrogen-bond acceptors (Lipinski definition) is 1. The Morgan fingerprint density at radius 3 is 2.11 bits per heavy atom. The first-order valence-electron chi connectivity index (χ1n) is 3.05. The summed E-state index contributed by atoms with van der Waals surface area (Å²) in [5.41, 5.74) is 0. The summed E-state index contributed by atoms with van der Waals surface area (Å²) in [7, 11) is 4.06. The second kappa shape index (κ2) is 2.30. The Bertz CT molecular complexity index is 112. The van der Waals surface area contributed by atoms with Crippen molar-refractivity contribution in [1.82, 2.24) is 4.90 Å². The standard InChI is InChI=1S/C6H11Cl2N/c1-9(2)4-5-3-6(5,7)8/h5H,3-4H2,1-2H3. The lowest BCUT2D eigenvalue weighted by atomic mass is 10.4. The highest BCUT2D eigenvalue weighted by Crippen LogP contribution is 2.53. The Hall–Kier alpha value is 0.540. The first-order valence-corrected chi connectivity index (χ1v) is 3.80. The van der Waals surface area contributed by atoms with Crippen LogP contribution in [0.5, 0.6) is 0 Å². The van der Waals surface area contributed by atoms with Crippen LogP contribution in [0.2, 0.25) is 0 Å². The minimum absolute atomic E-state index is 0.399. The normalized spacial score (nSPS) is 31.0. The summed E-state index contributed by atoms with van der Waals surface area (Å²) in [6, 6.07) is 0. The van der Waals surface area contributed by atoms with Crippen LogP contribution in [0.25, 0.3) is 0 Å². The van der Waals surface area contributed by atoms with Gasteiger partial charge in [-0.05, 0) is 20.5 Å². The maximum atomic E-state index is 5.79. The molecule has 1 rings (SSSR count). The van der Waals surface area contributed by atoms with Gasteiger partial charge in [-0.2, -0.15) is 0 Å². The predicted octanol–water partition coefficient (Wildman–Crippen LogP) is 1.74. The summed E-state index contributed by atoms with van der Waals surface area (Å²) in [6.45, 7) is 1.01. The molecule has 0 saturated heterocycles. The third kappa shape index (κ3) is 1.99. The Morgan fingerprint density at radius 1 is 1.56 bits per heavy atom. The molecule has 0 bridgehead atoms. The van der Waals surface area contributed by atoms with Crippen molar-refractivity contribution in [3.8, 4) is 0 Å². The van der Waals surface area contributed by atoms with E-state index in [9.17, 15) is 0 Å². The van der Waals surface area contributed by atoms with Crippen LogP contribution in [0.15, 0.2) is 0 Å². The second-order valence-corrected chi connectivity index (χ2v) is 4.47. The molecule has 1 saturated carbocycles. The van der Waals surface area contributed by atoms with Gasteiger partial charge in [-0.3, -0.25) is 0 Å². The van der Waals surface area contributed by atoms with E-state index >= 15 is 0 Å². The van der Waals surface area contributed by atoms with Gasteiger partial charge >= 0.3 is 0 Å². The summed E-state index contributed by atoms with van der Waals surface area (Å²) < 4.78 is -0.399. The van der Waals surface area contributed by atoms with E-state index in [1.807, 2.05) is 14.1 Å². The average Bonchev–Trinajstić information content (AvgIpc) is 2.10. The molecule has 0 amide bonds. The van der Waals surface area contributed by atoms with E-state index in [0.717, 1.165) is 13.0 Å². The van der Waals surface area contributed by atoms with Crippen molar-refractivity contribution in [1.29, 1.82) is 0 Å². The molecule has 3 heteroatoms. The van der Waals surface area contributed by atoms with Gasteiger partial charge in [0, 0.05) is 12.5 Å². The van der Waals surface area contributed by atoms with Gasteiger partial charge in [0.05, 0.1) is 0 Å². The molecule has 1 aliphatic carbocycles. The van der Waals surface area contributed by atoms with Gasteiger partial charge in [0.2, 0.25) is 0 Å². The number of alkyl halides is 2. The maximum absolute atomic E-state index is 5.79. The van der Waals surface area contributed by atoms with Gasteiger partial charge in [-0.1, -0.05) is 0 Å². The van der Waals surface area contributed by atoms with Gasteiger partial charge in [-0.25, -0.2) is 0 Å². The fraction of sp³-hybridized carbons (Fsp3) is 1.00. The molecule has 1 atom stereocenters. The molecule has 0 N–H and O–H groups in total. The average molecular weight is 168 g/mol. The molecular weight excluding hydrogens is 157 g/mol. The zero-order valence-corrected chi connectivity index (χ0v) is 7.21. The molecule has 0 heterocycles. The molecule has 1 nitrogen and oxygen atoms in total. The number of rotatable bonds is 2. The first kappa shape index (κ1) is 7.64. The molecule has 9 heavy (non-hydrogen) atoms. The lowest BCUT2D eigenvalue weighted by Crippen LogP contribution is -2.16. The van der Waals surface area contributed by atoms with Crippen molar-refractivity contribution in [2.45, 2.75) is 10.8 Å². The minimum Gasteiger partial charge on any atom is -0.309 e. The van der Waals surface area contributed by atoms with Crippen LogP contribution in [-0.2, 0) is 0 Å². The summed E-state index contributed by atoms with van der Waals surface area (Å²) in [5.74, 6) is 0.496. The van der Waals surface area contributed by atoms with Crippen LogP contribution in [0, 0.1) is 5.92 Å². The number of hydrogen-bond donors (Lipinski definition) is 0. The van der Waals surface area contributed by atoms with Crippen molar-refractivity contribution in [2.75, 3.05) is 20.6 Å².